The second-order valence-corrected chi connectivity index (χ2v) is 6.57. The number of hydrogen-bond donors (Lipinski definition) is 1. The molecule has 1 aliphatic heterocycles. The summed E-state index contributed by atoms with van der Waals surface area (Å²) < 4.78 is 39.0. The molecule has 24 heavy (non-hydrogen) atoms. The first-order valence-corrected chi connectivity index (χ1v) is 7.98. The highest BCUT2D eigenvalue weighted by Crippen LogP contribution is 2.37. The molecule has 0 unspecified atom stereocenters. The Morgan fingerprint density at radius 3 is 2.25 bits per heavy atom. The monoisotopic (exact) mass is 406 g/mol. The molecule has 1 aromatic carbocycles. The number of halogens is 6. The highest BCUT2D eigenvalue weighted by molar-refractivity contribution is 6.31. The minimum Gasteiger partial charge on any atom is -0.314 e. The minimum absolute atomic E-state index is 0. The van der Waals surface area contributed by atoms with Crippen molar-refractivity contribution in [3.63, 3.8) is 0 Å². The van der Waals surface area contributed by atoms with Gasteiger partial charge in [0.25, 0.3) is 0 Å². The molecule has 0 aromatic heterocycles. The first kappa shape index (κ1) is 23.8. The van der Waals surface area contributed by atoms with Crippen molar-refractivity contribution in [3.8, 4) is 0 Å². The second kappa shape index (κ2) is 10.1. The van der Waals surface area contributed by atoms with Gasteiger partial charge >= 0.3 is 6.18 Å². The van der Waals surface area contributed by atoms with Gasteiger partial charge in [0.2, 0.25) is 0 Å². The summed E-state index contributed by atoms with van der Waals surface area (Å²) in [4.78, 5) is 2.23. The lowest BCUT2D eigenvalue weighted by molar-refractivity contribution is -0.137. The Morgan fingerprint density at radius 2 is 1.75 bits per heavy atom. The van der Waals surface area contributed by atoms with E-state index in [-0.39, 0.29) is 30.9 Å². The van der Waals surface area contributed by atoms with Crippen LogP contribution in [0.5, 0.6) is 0 Å². The molecule has 0 radical (unpaired) electrons. The number of hydrogen-bond acceptors (Lipinski definition) is 2. The van der Waals surface area contributed by atoms with Crippen LogP contribution in [0.1, 0.15) is 37.4 Å². The molecule has 0 spiro atoms. The molecular formula is C16H24Cl3F3N2. The van der Waals surface area contributed by atoms with Crippen LogP contribution in [0.25, 0.3) is 0 Å². The van der Waals surface area contributed by atoms with E-state index in [0.717, 1.165) is 38.7 Å². The maximum Gasteiger partial charge on any atom is 0.416 e. The Bertz CT molecular complexity index is 504. The number of rotatable bonds is 4. The molecule has 0 bridgehead atoms. The number of alkyl halides is 3. The van der Waals surface area contributed by atoms with E-state index in [0.29, 0.717) is 16.5 Å². The summed E-state index contributed by atoms with van der Waals surface area (Å²) in [7, 11) is 0. The maximum atomic E-state index is 13.0. The van der Waals surface area contributed by atoms with E-state index in [2.05, 4.69) is 24.1 Å². The van der Waals surface area contributed by atoms with E-state index >= 15 is 0 Å². The molecule has 1 N–H and O–H groups in total. The van der Waals surface area contributed by atoms with Crippen molar-refractivity contribution in [1.29, 1.82) is 0 Å². The van der Waals surface area contributed by atoms with Crippen molar-refractivity contribution in [1.82, 2.24) is 10.2 Å². The lowest BCUT2D eigenvalue weighted by Gasteiger charge is -2.36. The Labute approximate surface area is 158 Å². The van der Waals surface area contributed by atoms with Gasteiger partial charge in [-0.15, -0.1) is 24.8 Å². The van der Waals surface area contributed by atoms with E-state index in [9.17, 15) is 13.2 Å². The molecule has 1 heterocycles. The van der Waals surface area contributed by atoms with Crippen molar-refractivity contribution in [2.75, 3.05) is 26.2 Å². The van der Waals surface area contributed by atoms with E-state index in [1.165, 1.54) is 12.1 Å². The third kappa shape index (κ3) is 6.26. The molecule has 2 nitrogen and oxygen atoms in total. The zero-order valence-electron chi connectivity index (χ0n) is 13.7. The molecule has 140 valence electrons. The topological polar surface area (TPSA) is 15.3 Å². The van der Waals surface area contributed by atoms with Crippen LogP contribution in [0.15, 0.2) is 18.2 Å². The third-order valence-corrected chi connectivity index (χ3v) is 4.31. The van der Waals surface area contributed by atoms with Crippen LogP contribution < -0.4 is 5.32 Å². The summed E-state index contributed by atoms with van der Waals surface area (Å²) in [5, 5.41) is 3.68. The summed E-state index contributed by atoms with van der Waals surface area (Å²) in [6.45, 7) is 7.51. The van der Waals surface area contributed by atoms with E-state index in [1.54, 1.807) is 0 Å². The SMILES string of the molecule is CC(C)C[C@@H](c1cc(C(F)(F)F)ccc1Cl)N1CCNCC1.Cl.Cl. The van der Waals surface area contributed by atoms with Gasteiger partial charge in [0, 0.05) is 37.2 Å². The minimum atomic E-state index is -4.34. The average Bonchev–Trinajstić information content (AvgIpc) is 2.45. The lowest BCUT2D eigenvalue weighted by atomic mass is 9.93. The number of benzene rings is 1. The second-order valence-electron chi connectivity index (χ2n) is 6.17. The Hall–Kier alpha value is -0.200. The fourth-order valence-electron chi connectivity index (χ4n) is 2.89. The molecule has 0 amide bonds. The van der Waals surface area contributed by atoms with Crippen LogP contribution in [-0.4, -0.2) is 31.1 Å². The van der Waals surface area contributed by atoms with Gasteiger partial charge in [-0.1, -0.05) is 25.4 Å². The summed E-state index contributed by atoms with van der Waals surface area (Å²) >= 11 is 6.23. The molecule has 2 rings (SSSR count). The fraction of sp³-hybridized carbons (Fsp3) is 0.625. The van der Waals surface area contributed by atoms with Gasteiger partial charge in [-0.2, -0.15) is 13.2 Å². The highest BCUT2D eigenvalue weighted by atomic mass is 35.5. The normalized spacial score (nSPS) is 17.1. The first-order chi connectivity index (χ1) is 10.3. The van der Waals surface area contributed by atoms with Gasteiger partial charge < -0.3 is 5.32 Å². The standard InChI is InChI=1S/C16H22ClF3N2.2ClH/c1-11(2)9-15(22-7-5-21-6-8-22)13-10-12(16(18,19)20)3-4-14(13)17;;/h3-4,10-11,15,21H,5-9H2,1-2H3;2*1H/t15-;;/m0../s1. The summed E-state index contributed by atoms with van der Waals surface area (Å²) in [5.41, 5.74) is -0.0390. The highest BCUT2D eigenvalue weighted by Gasteiger charge is 2.33. The Morgan fingerprint density at radius 1 is 1.17 bits per heavy atom. The van der Waals surface area contributed by atoms with Gasteiger partial charge in [0.1, 0.15) is 0 Å². The molecule has 1 saturated heterocycles. The smallest absolute Gasteiger partial charge is 0.314 e. The van der Waals surface area contributed by atoms with Crippen LogP contribution in [0.2, 0.25) is 5.02 Å². The summed E-state index contributed by atoms with van der Waals surface area (Å²) in [6, 6.07) is 3.57. The molecule has 0 aliphatic carbocycles. The average molecular weight is 408 g/mol. The molecule has 1 fully saturated rings. The first-order valence-electron chi connectivity index (χ1n) is 7.60. The van der Waals surface area contributed by atoms with Crippen molar-refractivity contribution in [2.45, 2.75) is 32.5 Å². The lowest BCUT2D eigenvalue weighted by Crippen LogP contribution is -2.45. The molecule has 8 heteroatoms. The fourth-order valence-corrected chi connectivity index (χ4v) is 3.13. The van der Waals surface area contributed by atoms with Crippen LogP contribution in [0, 0.1) is 5.92 Å². The van der Waals surface area contributed by atoms with Gasteiger partial charge in [0.15, 0.2) is 0 Å². The van der Waals surface area contributed by atoms with E-state index in [4.69, 9.17) is 11.6 Å². The van der Waals surface area contributed by atoms with E-state index < -0.39 is 11.7 Å². The number of nitrogens with zero attached hydrogens (tertiary/aromatic N) is 1. The summed E-state index contributed by atoms with van der Waals surface area (Å²) in [6.07, 6.45) is -3.55. The molecule has 0 saturated carbocycles. The molecular weight excluding hydrogens is 384 g/mol. The molecule has 1 aromatic rings. The van der Waals surface area contributed by atoms with Crippen molar-refractivity contribution >= 4 is 36.4 Å². The zero-order valence-corrected chi connectivity index (χ0v) is 16.1. The predicted octanol–water partition coefficient (Wildman–Crippen LogP) is 5.19. The maximum absolute atomic E-state index is 13.0. The largest absolute Gasteiger partial charge is 0.416 e. The number of piperazine rings is 1. The Kier molecular flexibility index (Phi) is 9.99. The third-order valence-electron chi connectivity index (χ3n) is 3.97. The quantitative estimate of drug-likeness (QED) is 0.738. The van der Waals surface area contributed by atoms with Gasteiger partial charge in [-0.3, -0.25) is 4.90 Å². The van der Waals surface area contributed by atoms with Crippen molar-refractivity contribution in [3.05, 3.63) is 34.3 Å². The van der Waals surface area contributed by atoms with Crippen molar-refractivity contribution < 1.29 is 13.2 Å². The molecule has 1 atom stereocenters. The summed E-state index contributed by atoms with van der Waals surface area (Å²) in [5.74, 6) is 0.380. The molecule has 1 aliphatic rings. The van der Waals surface area contributed by atoms with Crippen LogP contribution in [0.4, 0.5) is 13.2 Å². The Balaban J connectivity index is 0.00000264. The van der Waals surface area contributed by atoms with Crippen molar-refractivity contribution in [2.24, 2.45) is 5.92 Å². The van der Waals surface area contributed by atoms with Gasteiger partial charge in [0.05, 0.1) is 5.56 Å². The van der Waals surface area contributed by atoms with Gasteiger partial charge in [-0.25, -0.2) is 0 Å². The van der Waals surface area contributed by atoms with Crippen LogP contribution >= 0.6 is 36.4 Å². The van der Waals surface area contributed by atoms with Crippen LogP contribution in [0.3, 0.4) is 0 Å². The van der Waals surface area contributed by atoms with E-state index in [1.807, 2.05) is 0 Å². The van der Waals surface area contributed by atoms with Gasteiger partial charge in [-0.05, 0) is 36.1 Å². The predicted molar refractivity (Wildman–Crippen MR) is 97.6 cm³/mol. The number of nitrogens with one attached hydrogen (secondary N) is 1. The van der Waals surface area contributed by atoms with Crippen LogP contribution in [-0.2, 0) is 6.18 Å². The zero-order chi connectivity index (χ0) is 16.3.